The van der Waals surface area contributed by atoms with Crippen molar-refractivity contribution < 1.29 is 0 Å². The van der Waals surface area contributed by atoms with E-state index in [1.807, 2.05) is 0 Å². The summed E-state index contributed by atoms with van der Waals surface area (Å²) in [5, 5.41) is -0.802. The summed E-state index contributed by atoms with van der Waals surface area (Å²) in [4.78, 5) is -0.0840. The van der Waals surface area contributed by atoms with Crippen LogP contribution in [0.2, 0.25) is 0 Å². The van der Waals surface area contributed by atoms with Crippen LogP contribution in [0, 0.1) is 0 Å². The van der Waals surface area contributed by atoms with E-state index in [1.54, 1.807) is 0 Å². The quantitative estimate of drug-likeness (QED) is 0.559. The van der Waals surface area contributed by atoms with Gasteiger partial charge in [-0.15, -0.1) is 46.4 Å². The van der Waals surface area contributed by atoms with E-state index in [0.29, 0.717) is 0 Å². The van der Waals surface area contributed by atoms with E-state index in [9.17, 15) is 0 Å². The molecule has 6 heteroatoms. The van der Waals surface area contributed by atoms with Gasteiger partial charge >= 0.3 is 0 Å². The lowest BCUT2D eigenvalue weighted by Gasteiger charge is -2.38. The van der Waals surface area contributed by atoms with Crippen LogP contribution in [0.3, 0.4) is 0 Å². The van der Waals surface area contributed by atoms with Gasteiger partial charge in [0.2, 0.25) is 0 Å². The highest BCUT2D eigenvalue weighted by molar-refractivity contribution is 9.10. The molecule has 12 heavy (non-hydrogen) atoms. The number of rotatable bonds is 0. The van der Waals surface area contributed by atoms with Gasteiger partial charge < -0.3 is 0 Å². The molecule has 1 aliphatic carbocycles. The maximum Gasteiger partial charge on any atom is 0.0651 e. The summed E-state index contributed by atoms with van der Waals surface area (Å²) < 4.78 is 0. The van der Waals surface area contributed by atoms with E-state index in [2.05, 4.69) is 31.9 Å². The van der Waals surface area contributed by atoms with Gasteiger partial charge in [0, 0.05) is 0 Å². The van der Waals surface area contributed by atoms with Crippen LogP contribution >= 0.6 is 78.3 Å². The van der Waals surface area contributed by atoms with Crippen LogP contribution < -0.4 is 0 Å². The lowest BCUT2D eigenvalue weighted by molar-refractivity contribution is 0.566. The number of hydrogen-bond donors (Lipinski definition) is 0. The Morgan fingerprint density at radius 2 is 0.750 bits per heavy atom. The fourth-order valence-corrected chi connectivity index (χ4v) is 4.47. The van der Waals surface area contributed by atoms with E-state index in [4.69, 9.17) is 46.4 Å². The van der Waals surface area contributed by atoms with Crippen molar-refractivity contribution in [3.63, 3.8) is 0 Å². The molecule has 0 spiro atoms. The molecule has 0 aliphatic heterocycles. The summed E-state index contributed by atoms with van der Waals surface area (Å²) in [6.45, 7) is 0. The Bertz CT molecular complexity index is 109. The maximum atomic E-state index is 6.02. The van der Waals surface area contributed by atoms with Crippen LogP contribution in [0.4, 0.5) is 0 Å². The largest absolute Gasteiger partial charge is 0.120 e. The van der Waals surface area contributed by atoms with Crippen molar-refractivity contribution in [2.45, 2.75) is 31.2 Å². The van der Waals surface area contributed by atoms with Crippen molar-refractivity contribution in [1.29, 1.82) is 0 Å². The van der Waals surface area contributed by atoms with Crippen molar-refractivity contribution in [2.75, 3.05) is 0 Å². The highest BCUT2D eigenvalue weighted by atomic mass is 79.9. The minimum atomic E-state index is -0.200. The molecule has 4 atom stereocenters. The summed E-state index contributed by atoms with van der Waals surface area (Å²) in [7, 11) is 0. The van der Waals surface area contributed by atoms with Crippen molar-refractivity contribution in [1.82, 2.24) is 0 Å². The van der Waals surface area contributed by atoms with E-state index in [0.717, 1.165) is 0 Å². The monoisotopic (exact) mass is 376 g/mol. The Balaban J connectivity index is 2.76. The zero-order valence-electron chi connectivity index (χ0n) is 5.73. The van der Waals surface area contributed by atoms with Crippen molar-refractivity contribution in [2.24, 2.45) is 0 Å². The third kappa shape index (κ3) is 2.20. The maximum absolute atomic E-state index is 6.02. The Morgan fingerprint density at radius 3 is 0.917 bits per heavy atom. The molecular formula is C6H6Br2Cl4. The van der Waals surface area contributed by atoms with Gasteiger partial charge in [0.1, 0.15) is 0 Å². The molecule has 0 N–H and O–H groups in total. The summed E-state index contributed by atoms with van der Waals surface area (Å²) in [6.07, 6.45) is 0. The predicted molar refractivity (Wildman–Crippen MR) is 64.0 cm³/mol. The summed E-state index contributed by atoms with van der Waals surface area (Å²) in [6, 6.07) is 0. The summed E-state index contributed by atoms with van der Waals surface area (Å²) >= 11 is 30.8. The van der Waals surface area contributed by atoms with E-state index >= 15 is 0 Å². The highest BCUT2D eigenvalue weighted by Gasteiger charge is 2.46. The molecule has 0 aromatic carbocycles. The molecular weight excluding hydrogens is 374 g/mol. The van der Waals surface area contributed by atoms with Gasteiger partial charge in [0.25, 0.3) is 0 Å². The van der Waals surface area contributed by atoms with Crippen LogP contribution in [-0.2, 0) is 0 Å². The van der Waals surface area contributed by atoms with E-state index in [1.165, 1.54) is 0 Å². The Morgan fingerprint density at radius 1 is 0.583 bits per heavy atom. The SMILES string of the molecule is ClC1C(Cl)C(Br)C(Cl)C(Cl)C1Br. The number of hydrogen-bond acceptors (Lipinski definition) is 0. The fraction of sp³-hybridized carbons (Fsp3) is 1.00. The predicted octanol–water partition coefficient (Wildman–Crippen LogP) is 3.96. The van der Waals surface area contributed by atoms with Gasteiger partial charge in [-0.05, 0) is 0 Å². The minimum absolute atomic E-state index is 0.0420. The zero-order valence-corrected chi connectivity index (χ0v) is 11.9. The first-order valence-corrected chi connectivity index (χ1v) is 6.89. The molecule has 1 fully saturated rings. The molecule has 0 saturated heterocycles. The fourth-order valence-electron chi connectivity index (χ4n) is 1.05. The van der Waals surface area contributed by atoms with Gasteiger partial charge in [-0.1, -0.05) is 31.9 Å². The Labute approximate surface area is 109 Å². The first-order chi connectivity index (χ1) is 5.46. The second-order valence-corrected chi connectivity index (χ2v) is 6.80. The average Bonchev–Trinajstić information content (AvgIpc) is 2.08. The second kappa shape index (κ2) is 4.76. The van der Waals surface area contributed by atoms with Crippen LogP contribution in [0.1, 0.15) is 0 Å². The molecule has 0 aromatic rings. The lowest BCUT2D eigenvalue weighted by Crippen LogP contribution is -2.51. The van der Waals surface area contributed by atoms with Gasteiger partial charge in [0.05, 0.1) is 31.2 Å². The van der Waals surface area contributed by atoms with Crippen LogP contribution in [0.5, 0.6) is 0 Å². The molecule has 0 amide bonds. The van der Waals surface area contributed by atoms with Gasteiger partial charge in [-0.25, -0.2) is 0 Å². The molecule has 0 nitrogen and oxygen atoms in total. The number of halogens is 6. The second-order valence-electron chi connectivity index (χ2n) is 2.67. The first kappa shape index (κ1) is 12.2. The molecule has 4 unspecified atom stereocenters. The smallest absolute Gasteiger partial charge is 0.0651 e. The first-order valence-electron chi connectivity index (χ1n) is 3.31. The lowest BCUT2D eigenvalue weighted by atomic mass is 9.98. The molecule has 0 heterocycles. The third-order valence-corrected chi connectivity index (χ3v) is 7.75. The summed E-state index contributed by atoms with van der Waals surface area (Å²) in [5.74, 6) is 0. The van der Waals surface area contributed by atoms with Crippen LogP contribution in [0.25, 0.3) is 0 Å². The Hall–Kier alpha value is 2.12. The van der Waals surface area contributed by atoms with Crippen LogP contribution in [0.15, 0.2) is 0 Å². The summed E-state index contributed by atoms with van der Waals surface area (Å²) in [5.41, 5.74) is 0. The number of alkyl halides is 6. The zero-order chi connectivity index (χ0) is 9.46. The molecule has 72 valence electrons. The third-order valence-electron chi connectivity index (χ3n) is 1.83. The van der Waals surface area contributed by atoms with E-state index < -0.39 is 0 Å². The Kier molecular flexibility index (Phi) is 4.84. The topological polar surface area (TPSA) is 0 Å². The normalized spacial score (nSPS) is 55.5. The molecule has 0 radical (unpaired) electrons. The van der Waals surface area contributed by atoms with Gasteiger partial charge in [0.15, 0.2) is 0 Å². The van der Waals surface area contributed by atoms with Gasteiger partial charge in [-0.3, -0.25) is 0 Å². The average molecular weight is 380 g/mol. The molecule has 0 bridgehead atoms. The van der Waals surface area contributed by atoms with Crippen molar-refractivity contribution in [3.8, 4) is 0 Å². The highest BCUT2D eigenvalue weighted by Crippen LogP contribution is 2.41. The van der Waals surface area contributed by atoms with E-state index in [-0.39, 0.29) is 31.2 Å². The minimum Gasteiger partial charge on any atom is -0.120 e. The molecule has 1 aliphatic rings. The standard InChI is InChI=1S/C6H6Br2Cl4/c7-1-3(9)5(11)2(8)6(12)4(1)10/h1-6H. The molecule has 0 aromatic heterocycles. The van der Waals surface area contributed by atoms with Crippen LogP contribution in [-0.4, -0.2) is 31.2 Å². The van der Waals surface area contributed by atoms with Crippen molar-refractivity contribution >= 4 is 78.3 Å². The molecule has 1 rings (SSSR count). The van der Waals surface area contributed by atoms with Gasteiger partial charge in [-0.2, -0.15) is 0 Å². The van der Waals surface area contributed by atoms with Crippen molar-refractivity contribution in [3.05, 3.63) is 0 Å². The molecule has 1 saturated carbocycles.